The quantitative estimate of drug-likeness (QED) is 0.440. The Balaban J connectivity index is 1.93. The summed E-state index contributed by atoms with van der Waals surface area (Å²) in [5, 5.41) is 25.2. The zero-order valence-corrected chi connectivity index (χ0v) is 13.0. The first-order valence-electron chi connectivity index (χ1n) is 7.59. The normalized spacial score (nSPS) is 10.8. The van der Waals surface area contributed by atoms with Crippen LogP contribution in [0.15, 0.2) is 65.9 Å². The number of aromatic nitrogens is 2. The Bertz CT molecular complexity index is 874. The van der Waals surface area contributed by atoms with Crippen molar-refractivity contribution in [2.45, 2.75) is 13.0 Å². The van der Waals surface area contributed by atoms with Gasteiger partial charge in [0.25, 0.3) is 0 Å². The first-order valence-corrected chi connectivity index (χ1v) is 7.59. The average Bonchev–Trinajstić information content (AvgIpc) is 3.04. The van der Waals surface area contributed by atoms with Crippen molar-refractivity contribution in [2.75, 3.05) is 0 Å². The molecule has 0 saturated carbocycles. The molecule has 0 aliphatic carbocycles. The van der Waals surface area contributed by atoms with Gasteiger partial charge in [-0.3, -0.25) is 4.68 Å². The molecule has 0 aliphatic heterocycles. The summed E-state index contributed by atoms with van der Waals surface area (Å²) in [6, 6.07) is 20.3. The molecule has 0 fully saturated rings. The SMILES string of the molecule is N#CCCn1cc(/C=N/O)c(-c2ccc(-c3ccccc3)cc2)n1. The minimum Gasteiger partial charge on any atom is -0.411 e. The van der Waals surface area contributed by atoms with E-state index in [0.29, 0.717) is 18.5 Å². The smallest absolute Gasteiger partial charge is 0.101 e. The highest BCUT2D eigenvalue weighted by atomic mass is 16.4. The standard InChI is InChI=1S/C19H16N4O/c20-11-4-12-23-14-18(13-21-24)19(22-23)17-9-7-16(8-10-17)15-5-2-1-3-6-15/h1-3,5-10,13-14,24H,4,12H2/b21-13+. The second kappa shape index (κ2) is 7.25. The van der Waals surface area contributed by atoms with Crippen molar-refractivity contribution in [1.82, 2.24) is 9.78 Å². The van der Waals surface area contributed by atoms with Crippen molar-refractivity contribution in [3.05, 3.63) is 66.4 Å². The predicted molar refractivity (Wildman–Crippen MR) is 92.7 cm³/mol. The second-order valence-corrected chi connectivity index (χ2v) is 5.29. The summed E-state index contributed by atoms with van der Waals surface area (Å²) in [7, 11) is 0. The molecule has 0 aliphatic rings. The molecule has 0 amide bonds. The number of aryl methyl sites for hydroxylation is 1. The van der Waals surface area contributed by atoms with E-state index in [9.17, 15) is 0 Å². The van der Waals surface area contributed by atoms with Crippen molar-refractivity contribution in [1.29, 1.82) is 5.26 Å². The van der Waals surface area contributed by atoms with Gasteiger partial charge in [0.2, 0.25) is 0 Å². The van der Waals surface area contributed by atoms with Gasteiger partial charge < -0.3 is 5.21 Å². The number of benzene rings is 2. The summed E-state index contributed by atoms with van der Waals surface area (Å²) in [5.74, 6) is 0. The highest BCUT2D eigenvalue weighted by Crippen LogP contribution is 2.25. The zero-order chi connectivity index (χ0) is 16.8. The Hall–Kier alpha value is -3.39. The molecular formula is C19H16N4O. The first kappa shape index (κ1) is 15.5. The van der Waals surface area contributed by atoms with Gasteiger partial charge in [-0.2, -0.15) is 10.4 Å². The molecule has 2 aromatic carbocycles. The number of oxime groups is 1. The van der Waals surface area contributed by atoms with Crippen LogP contribution in [-0.4, -0.2) is 21.2 Å². The van der Waals surface area contributed by atoms with Gasteiger partial charge in [0.1, 0.15) is 5.69 Å². The molecule has 0 saturated heterocycles. The third kappa shape index (κ3) is 3.33. The van der Waals surface area contributed by atoms with E-state index in [2.05, 4.69) is 28.5 Å². The van der Waals surface area contributed by atoms with Crippen LogP contribution in [0, 0.1) is 11.3 Å². The van der Waals surface area contributed by atoms with Gasteiger partial charge in [0.15, 0.2) is 0 Å². The van der Waals surface area contributed by atoms with Crippen LogP contribution in [-0.2, 0) is 6.54 Å². The van der Waals surface area contributed by atoms with Crippen LogP contribution in [0.4, 0.5) is 0 Å². The van der Waals surface area contributed by atoms with Crippen LogP contribution < -0.4 is 0 Å². The summed E-state index contributed by atoms with van der Waals surface area (Å²) in [4.78, 5) is 0. The minimum atomic E-state index is 0.379. The molecule has 3 aromatic rings. The van der Waals surface area contributed by atoms with Gasteiger partial charge in [0, 0.05) is 17.3 Å². The van der Waals surface area contributed by atoms with Gasteiger partial charge in [-0.25, -0.2) is 0 Å². The van der Waals surface area contributed by atoms with Crippen molar-refractivity contribution < 1.29 is 5.21 Å². The van der Waals surface area contributed by atoms with Crippen molar-refractivity contribution in [3.8, 4) is 28.5 Å². The lowest BCUT2D eigenvalue weighted by molar-refractivity contribution is 0.322. The molecule has 1 aromatic heterocycles. The van der Waals surface area contributed by atoms with Gasteiger partial charge in [-0.15, -0.1) is 0 Å². The van der Waals surface area contributed by atoms with Crippen LogP contribution in [0.5, 0.6) is 0 Å². The maximum Gasteiger partial charge on any atom is 0.101 e. The van der Waals surface area contributed by atoms with E-state index in [0.717, 1.165) is 22.4 Å². The lowest BCUT2D eigenvalue weighted by Gasteiger charge is -2.03. The fourth-order valence-electron chi connectivity index (χ4n) is 2.55. The number of nitrogens with zero attached hydrogens (tertiary/aromatic N) is 4. The molecular weight excluding hydrogens is 300 g/mol. The maximum absolute atomic E-state index is 8.85. The predicted octanol–water partition coefficient (Wildman–Crippen LogP) is 3.94. The highest BCUT2D eigenvalue weighted by Gasteiger charge is 2.10. The average molecular weight is 316 g/mol. The summed E-state index contributed by atoms with van der Waals surface area (Å²) >= 11 is 0. The second-order valence-electron chi connectivity index (χ2n) is 5.29. The summed E-state index contributed by atoms with van der Waals surface area (Å²) < 4.78 is 1.70. The molecule has 0 bridgehead atoms. The number of rotatable bonds is 5. The van der Waals surface area contributed by atoms with E-state index < -0.39 is 0 Å². The lowest BCUT2D eigenvalue weighted by atomic mass is 10.0. The Kier molecular flexibility index (Phi) is 4.68. The number of hydrogen-bond acceptors (Lipinski definition) is 4. The van der Waals surface area contributed by atoms with E-state index in [4.69, 9.17) is 10.5 Å². The highest BCUT2D eigenvalue weighted by molar-refractivity contribution is 5.88. The van der Waals surface area contributed by atoms with Crippen molar-refractivity contribution >= 4 is 6.21 Å². The minimum absolute atomic E-state index is 0.379. The molecule has 5 nitrogen and oxygen atoms in total. The summed E-state index contributed by atoms with van der Waals surface area (Å²) in [6.45, 7) is 0.505. The topological polar surface area (TPSA) is 74.2 Å². The summed E-state index contributed by atoms with van der Waals surface area (Å²) in [6.07, 6.45) is 3.51. The van der Waals surface area contributed by atoms with Crippen molar-refractivity contribution in [2.24, 2.45) is 5.16 Å². The third-order valence-corrected chi connectivity index (χ3v) is 3.70. The molecule has 0 spiro atoms. The van der Waals surface area contributed by atoms with E-state index in [1.807, 2.05) is 42.5 Å². The molecule has 24 heavy (non-hydrogen) atoms. The van der Waals surface area contributed by atoms with Crippen LogP contribution in [0.25, 0.3) is 22.4 Å². The van der Waals surface area contributed by atoms with Crippen LogP contribution in [0.3, 0.4) is 0 Å². The first-order chi connectivity index (χ1) is 11.8. The molecule has 1 heterocycles. The van der Waals surface area contributed by atoms with E-state index in [1.54, 1.807) is 10.9 Å². The van der Waals surface area contributed by atoms with Gasteiger partial charge in [-0.1, -0.05) is 59.8 Å². The monoisotopic (exact) mass is 316 g/mol. The molecule has 118 valence electrons. The van der Waals surface area contributed by atoms with E-state index >= 15 is 0 Å². The maximum atomic E-state index is 8.85. The number of nitriles is 1. The van der Waals surface area contributed by atoms with Gasteiger partial charge in [0.05, 0.1) is 25.2 Å². The van der Waals surface area contributed by atoms with E-state index in [1.165, 1.54) is 6.21 Å². The molecule has 5 heteroatoms. The Labute approximate surface area is 140 Å². The molecule has 0 unspecified atom stereocenters. The zero-order valence-electron chi connectivity index (χ0n) is 13.0. The van der Waals surface area contributed by atoms with Gasteiger partial charge in [-0.05, 0) is 11.1 Å². The molecule has 1 N–H and O–H groups in total. The van der Waals surface area contributed by atoms with Crippen LogP contribution in [0.2, 0.25) is 0 Å². The molecule has 0 atom stereocenters. The van der Waals surface area contributed by atoms with Crippen molar-refractivity contribution in [3.63, 3.8) is 0 Å². The summed E-state index contributed by atoms with van der Waals surface area (Å²) in [5.41, 5.74) is 4.65. The Morgan fingerprint density at radius 2 is 1.71 bits per heavy atom. The van der Waals surface area contributed by atoms with E-state index in [-0.39, 0.29) is 0 Å². The fourth-order valence-corrected chi connectivity index (χ4v) is 2.55. The van der Waals surface area contributed by atoms with Crippen LogP contribution in [0.1, 0.15) is 12.0 Å². The third-order valence-electron chi connectivity index (χ3n) is 3.70. The Morgan fingerprint density at radius 3 is 2.38 bits per heavy atom. The Morgan fingerprint density at radius 1 is 1.04 bits per heavy atom. The molecule has 3 rings (SSSR count). The fraction of sp³-hybridized carbons (Fsp3) is 0.105. The largest absolute Gasteiger partial charge is 0.411 e. The molecule has 0 radical (unpaired) electrons. The van der Waals surface area contributed by atoms with Gasteiger partial charge >= 0.3 is 0 Å². The number of hydrogen-bond donors (Lipinski definition) is 1. The van der Waals surface area contributed by atoms with Crippen LogP contribution >= 0.6 is 0 Å². The lowest BCUT2D eigenvalue weighted by Crippen LogP contribution is -1.97.